The highest BCUT2D eigenvalue weighted by atomic mass is 32.2. The normalized spacial score (nSPS) is 15.4. The van der Waals surface area contributed by atoms with Crippen molar-refractivity contribution < 1.29 is 36.2 Å². The molecule has 0 bridgehead atoms. The minimum Gasteiger partial charge on any atom is -0.495 e. The molecule has 3 aromatic carbocycles. The van der Waals surface area contributed by atoms with E-state index < -0.39 is 33.5 Å². The minimum absolute atomic E-state index is 0.00158. The van der Waals surface area contributed by atoms with E-state index in [4.69, 9.17) is 9.72 Å². The Morgan fingerprint density at radius 2 is 1.79 bits per heavy atom. The van der Waals surface area contributed by atoms with Crippen molar-refractivity contribution in [2.45, 2.75) is 49.5 Å². The number of aromatic nitrogens is 1. The van der Waals surface area contributed by atoms with Crippen molar-refractivity contribution >= 4 is 26.6 Å². The number of benzene rings is 3. The van der Waals surface area contributed by atoms with Gasteiger partial charge in [0.05, 0.1) is 42.1 Å². The fourth-order valence-corrected chi connectivity index (χ4v) is 6.98. The zero-order valence-corrected chi connectivity index (χ0v) is 27.8. The van der Waals surface area contributed by atoms with E-state index in [1.54, 1.807) is 0 Å². The smallest absolute Gasteiger partial charge is 0.416 e. The number of carbonyl (C=O) groups excluding carboxylic acids is 1. The van der Waals surface area contributed by atoms with E-state index in [-0.39, 0.29) is 57.6 Å². The standard InChI is InChI=1S/C35H39F3N4O5S/c1-22(23-8-5-4-6-9-23)40-34(44)32-27-19-31(48(3,45)46)30(47-2)20-29(27)41-33(24-10-7-11-25(18-24)35(36,37)38)28(32)21-42-15-12-26(13-16-42)39-14-17-43/h4-11,18-20,22,26,39,43H,12-17,21H2,1-3H3,(H,40,44). The van der Waals surface area contributed by atoms with Crippen LogP contribution in [0, 0.1) is 0 Å². The van der Waals surface area contributed by atoms with Crippen molar-refractivity contribution in [3.05, 3.63) is 89.0 Å². The lowest BCUT2D eigenvalue weighted by molar-refractivity contribution is -0.137. The van der Waals surface area contributed by atoms with Crippen LogP contribution in [0.15, 0.2) is 71.6 Å². The monoisotopic (exact) mass is 684 g/mol. The van der Waals surface area contributed by atoms with Crippen molar-refractivity contribution in [1.29, 1.82) is 0 Å². The average Bonchev–Trinajstić information content (AvgIpc) is 3.06. The van der Waals surface area contributed by atoms with Gasteiger partial charge in [-0.25, -0.2) is 13.4 Å². The Labute approximate surface area is 278 Å². The Hall–Kier alpha value is -4.04. The van der Waals surface area contributed by atoms with Crippen LogP contribution in [0.1, 0.15) is 52.9 Å². The van der Waals surface area contributed by atoms with E-state index in [2.05, 4.69) is 15.5 Å². The van der Waals surface area contributed by atoms with Crippen LogP contribution in [0.2, 0.25) is 0 Å². The van der Waals surface area contributed by atoms with Gasteiger partial charge in [-0.3, -0.25) is 9.69 Å². The van der Waals surface area contributed by atoms with Gasteiger partial charge in [-0.2, -0.15) is 13.2 Å². The van der Waals surface area contributed by atoms with Gasteiger partial charge in [-0.05, 0) is 56.6 Å². The topological polar surface area (TPSA) is 121 Å². The molecule has 48 heavy (non-hydrogen) atoms. The number of likely N-dealkylation sites (tertiary alicyclic amines) is 1. The average molecular weight is 685 g/mol. The minimum atomic E-state index is -4.62. The molecule has 5 rings (SSSR count). The first kappa shape index (κ1) is 35.3. The second-order valence-corrected chi connectivity index (χ2v) is 14.0. The van der Waals surface area contributed by atoms with Crippen LogP contribution in [0.4, 0.5) is 13.2 Å². The molecule has 1 fully saturated rings. The van der Waals surface area contributed by atoms with Crippen LogP contribution < -0.4 is 15.4 Å². The van der Waals surface area contributed by atoms with Crippen molar-refractivity contribution in [2.75, 3.05) is 39.6 Å². The second-order valence-electron chi connectivity index (χ2n) is 12.0. The number of rotatable bonds is 11. The Bertz CT molecular complexity index is 1880. The Kier molecular flexibility index (Phi) is 10.7. The number of ether oxygens (including phenoxy) is 1. The number of hydrogen-bond donors (Lipinski definition) is 3. The highest BCUT2D eigenvalue weighted by Crippen LogP contribution is 2.38. The summed E-state index contributed by atoms with van der Waals surface area (Å²) in [5, 5.41) is 15.8. The number of methoxy groups -OCH3 is 1. The number of alkyl halides is 3. The van der Waals surface area contributed by atoms with Gasteiger partial charge in [-0.15, -0.1) is 0 Å². The third-order valence-electron chi connectivity index (χ3n) is 8.62. The summed E-state index contributed by atoms with van der Waals surface area (Å²) in [6.07, 6.45) is -2.08. The molecule has 13 heteroatoms. The number of fused-ring (bicyclic) bond motifs is 1. The van der Waals surface area contributed by atoms with E-state index in [1.165, 1.54) is 31.4 Å². The molecule has 1 atom stereocenters. The highest BCUT2D eigenvalue weighted by molar-refractivity contribution is 7.90. The van der Waals surface area contributed by atoms with Gasteiger partial charge in [0.25, 0.3) is 5.91 Å². The molecule has 9 nitrogen and oxygen atoms in total. The van der Waals surface area contributed by atoms with E-state index in [9.17, 15) is 31.5 Å². The molecule has 4 aromatic rings. The van der Waals surface area contributed by atoms with Gasteiger partial charge in [0.2, 0.25) is 0 Å². The number of carbonyl (C=O) groups is 1. The summed E-state index contributed by atoms with van der Waals surface area (Å²) < 4.78 is 72.9. The third kappa shape index (κ3) is 7.97. The first-order valence-corrected chi connectivity index (χ1v) is 17.5. The van der Waals surface area contributed by atoms with E-state index in [0.29, 0.717) is 25.2 Å². The van der Waals surface area contributed by atoms with Gasteiger partial charge in [-0.1, -0.05) is 42.5 Å². The number of nitrogens with one attached hydrogen (secondary N) is 2. The predicted octanol–water partition coefficient (Wildman–Crippen LogP) is 5.37. The number of sulfone groups is 1. The van der Waals surface area contributed by atoms with Gasteiger partial charge < -0.3 is 20.5 Å². The summed E-state index contributed by atoms with van der Waals surface area (Å²) >= 11 is 0. The molecule has 3 N–H and O–H groups in total. The van der Waals surface area contributed by atoms with Crippen LogP contribution in [-0.4, -0.2) is 75.0 Å². The molecule has 1 aliphatic heterocycles. The quantitative estimate of drug-likeness (QED) is 0.193. The van der Waals surface area contributed by atoms with Crippen molar-refractivity contribution in [3.8, 4) is 17.0 Å². The molecule has 0 spiro atoms. The van der Waals surface area contributed by atoms with Crippen LogP contribution in [0.5, 0.6) is 5.75 Å². The summed E-state index contributed by atoms with van der Waals surface area (Å²) in [6, 6.07) is 16.6. The fourth-order valence-electron chi connectivity index (χ4n) is 6.14. The number of amides is 1. The van der Waals surface area contributed by atoms with Crippen LogP contribution in [0.25, 0.3) is 22.2 Å². The summed E-state index contributed by atoms with van der Waals surface area (Å²) in [5.74, 6) is -0.521. The molecule has 0 radical (unpaired) electrons. The van der Waals surface area contributed by atoms with Gasteiger partial charge in [0.1, 0.15) is 10.6 Å². The summed E-state index contributed by atoms with van der Waals surface area (Å²) in [6.45, 7) is 3.70. The number of pyridine rings is 1. The molecular formula is C35H39F3N4O5S. The van der Waals surface area contributed by atoms with Crippen molar-refractivity contribution in [3.63, 3.8) is 0 Å². The number of nitrogens with zero attached hydrogens (tertiary/aromatic N) is 2. The number of aliphatic hydroxyl groups excluding tert-OH is 1. The number of aliphatic hydroxyl groups is 1. The Balaban J connectivity index is 1.74. The van der Waals surface area contributed by atoms with Gasteiger partial charge in [0, 0.05) is 48.0 Å². The summed E-state index contributed by atoms with van der Waals surface area (Å²) in [5.41, 5.74) is 1.02. The molecule has 1 unspecified atom stereocenters. The molecule has 1 saturated heterocycles. The predicted molar refractivity (Wildman–Crippen MR) is 178 cm³/mol. The molecule has 1 aliphatic rings. The Morgan fingerprint density at radius 3 is 2.42 bits per heavy atom. The lowest BCUT2D eigenvalue weighted by atomic mass is 9.93. The van der Waals surface area contributed by atoms with Crippen LogP contribution in [-0.2, 0) is 22.6 Å². The molecular weight excluding hydrogens is 645 g/mol. The second kappa shape index (κ2) is 14.6. The van der Waals surface area contributed by atoms with Crippen LogP contribution in [0.3, 0.4) is 0 Å². The molecule has 1 amide bonds. The Morgan fingerprint density at radius 1 is 1.08 bits per heavy atom. The fraction of sp³-hybridized carbons (Fsp3) is 0.371. The maximum atomic E-state index is 14.4. The molecule has 2 heterocycles. The zero-order chi connectivity index (χ0) is 34.6. The molecule has 1 aromatic heterocycles. The summed E-state index contributed by atoms with van der Waals surface area (Å²) in [4.78, 5) is 21.2. The molecule has 0 saturated carbocycles. The van der Waals surface area contributed by atoms with Crippen molar-refractivity contribution in [2.24, 2.45) is 0 Å². The largest absolute Gasteiger partial charge is 0.495 e. The highest BCUT2D eigenvalue weighted by Gasteiger charge is 2.32. The van der Waals surface area contributed by atoms with Crippen LogP contribution >= 0.6 is 0 Å². The SMILES string of the molecule is COc1cc2nc(-c3cccc(C(F)(F)F)c3)c(CN3CCC(NCCO)CC3)c(C(=O)NC(C)c3ccccc3)c2cc1S(C)(=O)=O. The van der Waals surface area contributed by atoms with E-state index in [1.807, 2.05) is 37.3 Å². The lowest BCUT2D eigenvalue weighted by Crippen LogP contribution is -2.43. The van der Waals surface area contributed by atoms with E-state index in [0.717, 1.165) is 36.8 Å². The maximum absolute atomic E-state index is 14.4. The molecule has 256 valence electrons. The maximum Gasteiger partial charge on any atom is 0.416 e. The van der Waals surface area contributed by atoms with Gasteiger partial charge in [0.15, 0.2) is 9.84 Å². The number of hydrogen-bond acceptors (Lipinski definition) is 8. The van der Waals surface area contributed by atoms with E-state index >= 15 is 0 Å². The number of halogens is 3. The molecule has 0 aliphatic carbocycles. The lowest BCUT2D eigenvalue weighted by Gasteiger charge is -2.33. The first-order valence-electron chi connectivity index (χ1n) is 15.6. The van der Waals surface area contributed by atoms with Crippen molar-refractivity contribution in [1.82, 2.24) is 20.5 Å². The number of piperidine rings is 1. The third-order valence-corrected chi connectivity index (χ3v) is 9.74. The van der Waals surface area contributed by atoms with Gasteiger partial charge >= 0.3 is 6.18 Å². The summed E-state index contributed by atoms with van der Waals surface area (Å²) in [7, 11) is -2.52. The zero-order valence-electron chi connectivity index (χ0n) is 27.0. The first-order chi connectivity index (χ1) is 22.8.